The molecule has 0 aromatic heterocycles. The summed E-state index contributed by atoms with van der Waals surface area (Å²) in [7, 11) is 0. The van der Waals surface area contributed by atoms with E-state index in [1.54, 1.807) is 0 Å². The third-order valence-corrected chi connectivity index (χ3v) is 4.32. The molecule has 1 saturated carbocycles. The van der Waals surface area contributed by atoms with E-state index in [1.165, 1.54) is 44.9 Å². The molecule has 2 nitrogen and oxygen atoms in total. The monoisotopic (exact) mass is 252 g/mol. The lowest BCUT2D eigenvalue weighted by Crippen LogP contribution is -2.53. The Morgan fingerprint density at radius 3 is 1.73 bits per heavy atom. The largest absolute Gasteiger partial charge is 0.328 e. The topological polar surface area (TPSA) is 29.3 Å². The summed E-state index contributed by atoms with van der Waals surface area (Å²) in [4.78, 5) is 2.83. The van der Waals surface area contributed by atoms with Gasteiger partial charge in [0.15, 0.2) is 0 Å². The Hall–Kier alpha value is 0.500. The van der Waals surface area contributed by atoms with Crippen molar-refractivity contribution < 1.29 is 0 Å². The molecule has 2 heterocycles. The van der Waals surface area contributed by atoms with Crippen molar-refractivity contribution in [1.82, 2.24) is 4.90 Å². The minimum Gasteiger partial charge on any atom is -0.328 e. The Labute approximate surface area is 105 Å². The lowest BCUT2D eigenvalue weighted by molar-refractivity contribution is 0.0382. The Morgan fingerprint density at radius 2 is 1.33 bits per heavy atom. The van der Waals surface area contributed by atoms with Crippen molar-refractivity contribution in [3.05, 3.63) is 0 Å². The molecule has 90 valence electrons. The minimum atomic E-state index is 0. The quantitative estimate of drug-likeness (QED) is 0.777. The summed E-state index contributed by atoms with van der Waals surface area (Å²) >= 11 is 0. The maximum atomic E-state index is 6.05. The molecule has 0 aromatic carbocycles. The van der Waals surface area contributed by atoms with Crippen molar-refractivity contribution in [1.29, 1.82) is 0 Å². The van der Waals surface area contributed by atoms with E-state index in [4.69, 9.17) is 5.73 Å². The van der Waals surface area contributed by atoms with Gasteiger partial charge >= 0.3 is 0 Å². The van der Waals surface area contributed by atoms with Crippen LogP contribution in [0.4, 0.5) is 0 Å². The van der Waals surface area contributed by atoms with Crippen molar-refractivity contribution in [2.75, 3.05) is 0 Å². The summed E-state index contributed by atoms with van der Waals surface area (Å²) in [6.45, 7) is 0. The van der Waals surface area contributed by atoms with E-state index in [0.29, 0.717) is 6.04 Å². The summed E-state index contributed by atoms with van der Waals surface area (Å²) in [5.41, 5.74) is 6.05. The van der Waals surface area contributed by atoms with Crippen molar-refractivity contribution in [2.45, 2.75) is 69.1 Å². The van der Waals surface area contributed by atoms with Gasteiger partial charge in [0.1, 0.15) is 0 Å². The van der Waals surface area contributed by atoms with Gasteiger partial charge in [0.25, 0.3) is 0 Å². The van der Waals surface area contributed by atoms with Crippen LogP contribution in [0.5, 0.6) is 0 Å². The van der Waals surface area contributed by atoms with Crippen LogP contribution < -0.4 is 5.73 Å². The highest BCUT2D eigenvalue weighted by Crippen LogP contribution is 2.41. The fourth-order valence-corrected chi connectivity index (χ4v) is 3.54. The average molecular weight is 253 g/mol. The van der Waals surface area contributed by atoms with Crippen LogP contribution in [0.25, 0.3) is 0 Å². The third-order valence-electron chi connectivity index (χ3n) is 4.32. The minimum absolute atomic E-state index is 0. The van der Waals surface area contributed by atoms with Crippen LogP contribution in [0, 0.1) is 0 Å². The molecule has 3 fully saturated rings. The van der Waals surface area contributed by atoms with Crippen LogP contribution in [0.15, 0.2) is 0 Å². The molecule has 0 spiro atoms. The maximum absolute atomic E-state index is 6.05. The third kappa shape index (κ3) is 2.28. The number of piperidine rings is 1. The van der Waals surface area contributed by atoms with Gasteiger partial charge in [-0.1, -0.05) is 6.42 Å². The SMILES string of the molecule is Cl.Cl.NC1CC2CCC(C1)N2C1CCC1. The molecule has 1 aliphatic carbocycles. The first-order valence-electron chi connectivity index (χ1n) is 5.87. The van der Waals surface area contributed by atoms with Gasteiger partial charge in [-0.3, -0.25) is 4.90 Å². The number of fused-ring (bicyclic) bond motifs is 2. The normalized spacial score (nSPS) is 40.2. The van der Waals surface area contributed by atoms with E-state index in [1.807, 2.05) is 0 Å². The molecule has 2 unspecified atom stereocenters. The van der Waals surface area contributed by atoms with E-state index in [0.717, 1.165) is 18.1 Å². The predicted octanol–water partition coefficient (Wildman–Crippen LogP) is 2.34. The van der Waals surface area contributed by atoms with E-state index in [9.17, 15) is 0 Å². The van der Waals surface area contributed by atoms with Gasteiger partial charge in [0.2, 0.25) is 0 Å². The van der Waals surface area contributed by atoms with Crippen LogP contribution in [-0.2, 0) is 0 Å². The number of halogens is 2. The van der Waals surface area contributed by atoms with Crippen molar-refractivity contribution in [2.24, 2.45) is 5.73 Å². The molecule has 4 heteroatoms. The van der Waals surface area contributed by atoms with Crippen LogP contribution in [0.3, 0.4) is 0 Å². The number of nitrogens with zero attached hydrogens (tertiary/aromatic N) is 1. The Bertz CT molecular complexity index is 195. The second kappa shape index (κ2) is 5.22. The van der Waals surface area contributed by atoms with Gasteiger partial charge in [-0.2, -0.15) is 0 Å². The second-order valence-corrected chi connectivity index (χ2v) is 5.15. The molecule has 2 N–H and O–H groups in total. The molecular formula is C11H22Cl2N2. The van der Waals surface area contributed by atoms with Gasteiger partial charge in [-0.05, 0) is 38.5 Å². The standard InChI is InChI=1S/C11H20N2.2ClH/c12-8-6-10-4-5-11(7-8)13(10)9-2-1-3-9;;/h8-11H,1-7,12H2;2*1H. The van der Waals surface area contributed by atoms with E-state index in [-0.39, 0.29) is 24.8 Å². The zero-order valence-electron chi connectivity index (χ0n) is 9.10. The first-order chi connectivity index (χ1) is 6.34. The van der Waals surface area contributed by atoms with E-state index >= 15 is 0 Å². The van der Waals surface area contributed by atoms with E-state index < -0.39 is 0 Å². The molecule has 2 bridgehead atoms. The van der Waals surface area contributed by atoms with Gasteiger partial charge < -0.3 is 5.73 Å². The van der Waals surface area contributed by atoms with Crippen molar-refractivity contribution in [3.63, 3.8) is 0 Å². The molecule has 0 radical (unpaired) electrons. The first kappa shape index (κ1) is 13.6. The fourth-order valence-electron chi connectivity index (χ4n) is 3.54. The van der Waals surface area contributed by atoms with Crippen LogP contribution in [0.2, 0.25) is 0 Å². The summed E-state index contributed by atoms with van der Waals surface area (Å²) in [5.74, 6) is 0. The van der Waals surface area contributed by atoms with Crippen molar-refractivity contribution >= 4 is 24.8 Å². The number of hydrogen-bond acceptors (Lipinski definition) is 2. The second-order valence-electron chi connectivity index (χ2n) is 5.15. The number of rotatable bonds is 1. The fraction of sp³-hybridized carbons (Fsp3) is 1.00. The Kier molecular flexibility index (Phi) is 4.72. The highest BCUT2D eigenvalue weighted by molar-refractivity contribution is 5.85. The molecule has 2 atom stereocenters. The summed E-state index contributed by atoms with van der Waals surface area (Å²) < 4.78 is 0. The molecular weight excluding hydrogens is 231 g/mol. The molecule has 3 aliphatic rings. The number of hydrogen-bond donors (Lipinski definition) is 1. The molecule has 0 aromatic rings. The average Bonchev–Trinajstić information content (AvgIpc) is 2.30. The zero-order valence-corrected chi connectivity index (χ0v) is 10.7. The van der Waals surface area contributed by atoms with Gasteiger partial charge in [0.05, 0.1) is 0 Å². The highest BCUT2D eigenvalue weighted by atomic mass is 35.5. The van der Waals surface area contributed by atoms with Gasteiger partial charge in [-0.15, -0.1) is 24.8 Å². The van der Waals surface area contributed by atoms with Gasteiger partial charge in [0, 0.05) is 24.2 Å². The lowest BCUT2D eigenvalue weighted by atomic mass is 9.86. The van der Waals surface area contributed by atoms with Gasteiger partial charge in [-0.25, -0.2) is 0 Å². The first-order valence-corrected chi connectivity index (χ1v) is 5.87. The maximum Gasteiger partial charge on any atom is 0.0116 e. The lowest BCUT2D eigenvalue weighted by Gasteiger charge is -2.46. The summed E-state index contributed by atoms with van der Waals surface area (Å²) in [6, 6.07) is 3.18. The number of nitrogens with two attached hydrogens (primary N) is 1. The summed E-state index contributed by atoms with van der Waals surface area (Å²) in [5, 5.41) is 0. The zero-order chi connectivity index (χ0) is 8.84. The molecule has 0 amide bonds. The van der Waals surface area contributed by atoms with Crippen LogP contribution in [0.1, 0.15) is 44.9 Å². The molecule has 15 heavy (non-hydrogen) atoms. The predicted molar refractivity (Wildman–Crippen MR) is 68.0 cm³/mol. The molecule has 2 saturated heterocycles. The van der Waals surface area contributed by atoms with Crippen LogP contribution >= 0.6 is 24.8 Å². The summed E-state index contributed by atoms with van der Waals surface area (Å²) in [6.07, 6.45) is 9.78. The molecule has 3 rings (SSSR count). The smallest absolute Gasteiger partial charge is 0.0116 e. The molecule has 2 aliphatic heterocycles. The van der Waals surface area contributed by atoms with E-state index in [2.05, 4.69) is 4.90 Å². The van der Waals surface area contributed by atoms with Crippen LogP contribution in [-0.4, -0.2) is 29.1 Å². The Balaban J connectivity index is 0.000000562. The highest BCUT2D eigenvalue weighted by Gasteiger charge is 2.44. The Morgan fingerprint density at radius 1 is 0.800 bits per heavy atom. The van der Waals surface area contributed by atoms with Crippen molar-refractivity contribution in [3.8, 4) is 0 Å².